The number of hydrogen-bond donors (Lipinski definition) is 0. The van der Waals surface area contributed by atoms with Gasteiger partial charge in [0.1, 0.15) is 5.65 Å². The molecular weight excluding hydrogens is 731 g/mol. The fraction of sp³-hybridized carbons (Fsp3) is 0. The first-order valence-electron chi connectivity index (χ1n) is 20.3. The molecule has 3 heterocycles. The molecule has 0 spiro atoms. The zero-order valence-corrected chi connectivity index (χ0v) is 32.8. The van der Waals surface area contributed by atoms with Crippen LogP contribution in [0.2, 0.25) is 0 Å². The van der Waals surface area contributed by atoms with Gasteiger partial charge in [-0.25, -0.2) is 4.98 Å². The lowest BCUT2D eigenvalue weighted by Gasteiger charge is -2.26. The lowest BCUT2D eigenvalue weighted by atomic mass is 10.1. The molecule has 0 saturated heterocycles. The molecule has 5 heteroatoms. The minimum atomic E-state index is 0.893. The van der Waals surface area contributed by atoms with Crippen molar-refractivity contribution in [3.8, 4) is 28.2 Å². The van der Waals surface area contributed by atoms with Gasteiger partial charge in [0.25, 0.3) is 0 Å². The Labute approximate surface area is 348 Å². The minimum Gasteiger partial charge on any atom is -0.310 e. The molecule has 11 aromatic rings. The lowest BCUT2D eigenvalue weighted by Crippen LogP contribution is -2.09. The maximum absolute atomic E-state index is 5.23. The molecule has 0 unspecified atom stereocenters. The van der Waals surface area contributed by atoms with Crippen LogP contribution in [-0.2, 0) is 0 Å². The number of pyridine rings is 1. The van der Waals surface area contributed by atoms with Crippen LogP contribution < -0.4 is 9.80 Å². The van der Waals surface area contributed by atoms with E-state index >= 15 is 0 Å². The number of aromatic nitrogens is 3. The molecule has 0 aliphatic heterocycles. The quantitative estimate of drug-likeness (QED) is 0.146. The summed E-state index contributed by atoms with van der Waals surface area (Å²) in [6.07, 6.45) is 2.25. The minimum absolute atomic E-state index is 0.893. The van der Waals surface area contributed by atoms with Crippen LogP contribution in [0.25, 0.3) is 55.7 Å². The third-order valence-electron chi connectivity index (χ3n) is 11.3. The van der Waals surface area contributed by atoms with Crippen molar-refractivity contribution in [3.63, 3.8) is 0 Å². The predicted octanol–water partition coefficient (Wildman–Crippen LogP) is 14.7. The van der Waals surface area contributed by atoms with E-state index in [0.717, 1.165) is 89.8 Å². The van der Waals surface area contributed by atoms with Crippen LogP contribution in [0.3, 0.4) is 0 Å². The Balaban J connectivity index is 1.17. The standard InChI is InChI=1S/C55H39N5/c1-7-19-40(20-8-1)54-55(41-21-9-2-10-22-41)57-39-48(33-36-53(57)56-54)60-51-34-31-46(58(42-23-11-3-12-24-42)43-25-13-4-14-26-43)37-49(51)50-38-47(32-35-52(50)60)59(44-27-15-5-16-28-44)45-29-17-6-18-30-45/h1-39H. The second-order valence-electron chi connectivity index (χ2n) is 14.9. The highest BCUT2D eigenvalue weighted by Gasteiger charge is 2.22. The van der Waals surface area contributed by atoms with Gasteiger partial charge in [-0.3, -0.25) is 4.40 Å². The van der Waals surface area contributed by atoms with E-state index in [2.05, 4.69) is 255 Å². The predicted molar refractivity (Wildman–Crippen MR) is 250 cm³/mol. The summed E-state index contributed by atoms with van der Waals surface area (Å²) in [5.74, 6) is 0. The zero-order chi connectivity index (χ0) is 39.8. The molecule has 0 N–H and O–H groups in total. The second-order valence-corrected chi connectivity index (χ2v) is 14.9. The number of benzene rings is 8. The summed E-state index contributed by atoms with van der Waals surface area (Å²) in [4.78, 5) is 9.90. The van der Waals surface area contributed by atoms with Gasteiger partial charge in [0, 0.05) is 62.2 Å². The SMILES string of the molecule is c1ccc(-c2nc3ccc(-n4c5ccc(N(c6ccccc6)c6ccccc6)cc5c5cc(N(c6ccccc6)c6ccccc6)ccc54)cn3c2-c2ccccc2)cc1. The molecule has 0 aliphatic rings. The summed E-state index contributed by atoms with van der Waals surface area (Å²) >= 11 is 0. The fourth-order valence-electron chi connectivity index (χ4n) is 8.59. The Bertz CT molecular complexity index is 3010. The van der Waals surface area contributed by atoms with E-state index in [1.54, 1.807) is 0 Å². The molecule has 8 aromatic carbocycles. The van der Waals surface area contributed by atoms with Gasteiger partial charge in [-0.15, -0.1) is 0 Å². The van der Waals surface area contributed by atoms with Crippen molar-refractivity contribution < 1.29 is 0 Å². The number of nitrogens with zero attached hydrogens (tertiary/aromatic N) is 5. The van der Waals surface area contributed by atoms with Crippen LogP contribution in [-0.4, -0.2) is 14.0 Å². The molecule has 11 rings (SSSR count). The van der Waals surface area contributed by atoms with Crippen molar-refractivity contribution in [3.05, 3.63) is 237 Å². The van der Waals surface area contributed by atoms with E-state index < -0.39 is 0 Å². The molecular formula is C55H39N5. The average molecular weight is 770 g/mol. The maximum atomic E-state index is 5.23. The van der Waals surface area contributed by atoms with E-state index in [-0.39, 0.29) is 0 Å². The van der Waals surface area contributed by atoms with Crippen molar-refractivity contribution in [1.29, 1.82) is 0 Å². The molecule has 0 bridgehead atoms. The topological polar surface area (TPSA) is 28.7 Å². The van der Waals surface area contributed by atoms with Crippen LogP contribution in [0.5, 0.6) is 0 Å². The number of para-hydroxylation sites is 4. The van der Waals surface area contributed by atoms with E-state index in [9.17, 15) is 0 Å². The fourth-order valence-corrected chi connectivity index (χ4v) is 8.59. The maximum Gasteiger partial charge on any atom is 0.138 e. The van der Waals surface area contributed by atoms with Gasteiger partial charge in [-0.1, -0.05) is 133 Å². The Morgan fingerprint density at radius 3 is 1.18 bits per heavy atom. The van der Waals surface area contributed by atoms with E-state index in [1.807, 2.05) is 0 Å². The molecule has 0 radical (unpaired) electrons. The summed E-state index contributed by atoms with van der Waals surface area (Å²) in [7, 11) is 0. The highest BCUT2D eigenvalue weighted by molar-refractivity contribution is 6.12. The van der Waals surface area contributed by atoms with Crippen molar-refractivity contribution in [2.75, 3.05) is 9.80 Å². The third kappa shape index (κ3) is 6.17. The first-order valence-corrected chi connectivity index (χ1v) is 20.3. The van der Waals surface area contributed by atoms with Crippen LogP contribution >= 0.6 is 0 Å². The number of hydrogen-bond acceptors (Lipinski definition) is 3. The number of fused-ring (bicyclic) bond motifs is 4. The highest BCUT2D eigenvalue weighted by Crippen LogP contribution is 2.43. The van der Waals surface area contributed by atoms with Gasteiger partial charge in [0.2, 0.25) is 0 Å². The van der Waals surface area contributed by atoms with E-state index in [1.165, 1.54) is 0 Å². The third-order valence-corrected chi connectivity index (χ3v) is 11.3. The molecule has 0 saturated carbocycles. The number of rotatable bonds is 9. The van der Waals surface area contributed by atoms with Crippen molar-refractivity contribution in [1.82, 2.24) is 14.0 Å². The molecule has 0 atom stereocenters. The molecule has 0 amide bonds. The van der Waals surface area contributed by atoms with Gasteiger partial charge in [0.05, 0.1) is 28.1 Å². The molecule has 0 fully saturated rings. The largest absolute Gasteiger partial charge is 0.310 e. The Hall–Kier alpha value is -8.15. The first-order chi connectivity index (χ1) is 29.8. The summed E-state index contributed by atoms with van der Waals surface area (Å²) in [6, 6.07) is 81.6. The number of anilines is 6. The van der Waals surface area contributed by atoms with Crippen LogP contribution in [0.1, 0.15) is 0 Å². The summed E-state index contributed by atoms with van der Waals surface area (Å²) in [6.45, 7) is 0. The molecule has 0 aliphatic carbocycles. The highest BCUT2D eigenvalue weighted by atomic mass is 15.2. The lowest BCUT2D eigenvalue weighted by molar-refractivity contribution is 1.10. The zero-order valence-electron chi connectivity index (χ0n) is 32.8. The van der Waals surface area contributed by atoms with Gasteiger partial charge in [-0.05, 0) is 97.1 Å². The Morgan fingerprint density at radius 1 is 0.350 bits per heavy atom. The molecule has 5 nitrogen and oxygen atoms in total. The van der Waals surface area contributed by atoms with Crippen molar-refractivity contribution in [2.45, 2.75) is 0 Å². The summed E-state index contributed by atoms with van der Waals surface area (Å²) in [5, 5.41) is 2.31. The molecule has 284 valence electrons. The van der Waals surface area contributed by atoms with Crippen LogP contribution in [0.15, 0.2) is 237 Å². The molecule has 60 heavy (non-hydrogen) atoms. The Morgan fingerprint density at radius 2 is 0.750 bits per heavy atom. The van der Waals surface area contributed by atoms with Crippen molar-refractivity contribution >= 4 is 61.6 Å². The normalized spacial score (nSPS) is 11.3. The van der Waals surface area contributed by atoms with E-state index in [4.69, 9.17) is 4.98 Å². The molecule has 3 aromatic heterocycles. The van der Waals surface area contributed by atoms with Gasteiger partial charge >= 0.3 is 0 Å². The van der Waals surface area contributed by atoms with Gasteiger partial charge in [0.15, 0.2) is 0 Å². The van der Waals surface area contributed by atoms with Crippen LogP contribution in [0, 0.1) is 0 Å². The average Bonchev–Trinajstić information content (AvgIpc) is 3.86. The van der Waals surface area contributed by atoms with Gasteiger partial charge < -0.3 is 14.4 Å². The Kier molecular flexibility index (Phi) is 8.75. The second kappa shape index (κ2) is 15.0. The monoisotopic (exact) mass is 769 g/mol. The first kappa shape index (κ1) is 35.0. The summed E-state index contributed by atoms with van der Waals surface area (Å²) < 4.78 is 4.66. The van der Waals surface area contributed by atoms with Gasteiger partial charge in [-0.2, -0.15) is 0 Å². The summed E-state index contributed by atoms with van der Waals surface area (Å²) in [5.41, 5.74) is 14.9. The number of imidazole rings is 1. The van der Waals surface area contributed by atoms with Crippen LogP contribution in [0.4, 0.5) is 34.1 Å². The van der Waals surface area contributed by atoms with Crippen molar-refractivity contribution in [2.24, 2.45) is 0 Å². The van der Waals surface area contributed by atoms with E-state index in [0.29, 0.717) is 0 Å². The smallest absolute Gasteiger partial charge is 0.138 e.